The zero-order valence-electron chi connectivity index (χ0n) is 16.6. The van der Waals surface area contributed by atoms with E-state index in [2.05, 4.69) is 0 Å². The van der Waals surface area contributed by atoms with Crippen molar-refractivity contribution in [1.29, 1.82) is 0 Å². The normalized spacial score (nSPS) is 11.0. The lowest BCUT2D eigenvalue weighted by molar-refractivity contribution is -0.116. The molecule has 0 radical (unpaired) electrons. The molecule has 0 amide bonds. The van der Waals surface area contributed by atoms with E-state index in [0.29, 0.717) is 13.0 Å². The monoisotopic (exact) mass is 352 g/mol. The van der Waals surface area contributed by atoms with Crippen LogP contribution in [0.25, 0.3) is 0 Å². The Morgan fingerprint density at radius 1 is 0.923 bits per heavy atom. The second kappa shape index (κ2) is 8.70. The topological polar surface area (TPSA) is 35.5 Å². The van der Waals surface area contributed by atoms with Crippen molar-refractivity contribution in [3.05, 3.63) is 64.2 Å². The highest BCUT2D eigenvalue weighted by atomic mass is 16.5. The van der Waals surface area contributed by atoms with Crippen LogP contribution >= 0.6 is 0 Å². The highest BCUT2D eigenvalue weighted by molar-refractivity contribution is 5.78. The molecule has 2 rings (SSSR count). The van der Waals surface area contributed by atoms with E-state index < -0.39 is 0 Å². The summed E-state index contributed by atoms with van der Waals surface area (Å²) in [6.07, 6.45) is 4.42. The second-order valence-corrected chi connectivity index (χ2v) is 6.81. The number of hydrogen-bond acceptors (Lipinski definition) is 3. The van der Waals surface area contributed by atoms with Gasteiger partial charge in [-0.3, -0.25) is 4.79 Å². The average molecular weight is 352 g/mol. The first-order valence-corrected chi connectivity index (χ1v) is 8.94. The van der Waals surface area contributed by atoms with E-state index in [0.717, 1.165) is 45.1 Å². The van der Waals surface area contributed by atoms with Gasteiger partial charge in [0.2, 0.25) is 0 Å². The highest BCUT2D eigenvalue weighted by Crippen LogP contribution is 2.34. The third kappa shape index (κ3) is 4.98. The number of ether oxygens (including phenoxy) is 2. The SMILES string of the molecule is C/C=C/COc1c(C)cc(Oc2c(C)cc(CC(C)=O)cc2C)cc1C. The van der Waals surface area contributed by atoms with Gasteiger partial charge in [-0.15, -0.1) is 0 Å². The largest absolute Gasteiger partial charge is 0.489 e. The number of Topliss-reactive ketones (excluding diaryl/α,β-unsaturated/α-hetero) is 1. The van der Waals surface area contributed by atoms with E-state index in [4.69, 9.17) is 9.47 Å². The summed E-state index contributed by atoms with van der Waals surface area (Å²) >= 11 is 0. The summed E-state index contributed by atoms with van der Waals surface area (Å²) in [6, 6.07) is 8.05. The molecule has 0 aromatic heterocycles. The molecule has 2 aromatic carbocycles. The van der Waals surface area contributed by atoms with E-state index in [-0.39, 0.29) is 5.78 Å². The maximum Gasteiger partial charge on any atom is 0.134 e. The molecule has 3 heteroatoms. The van der Waals surface area contributed by atoms with Crippen LogP contribution in [-0.4, -0.2) is 12.4 Å². The van der Waals surface area contributed by atoms with Gasteiger partial charge in [-0.2, -0.15) is 0 Å². The first-order chi connectivity index (χ1) is 12.3. The zero-order valence-corrected chi connectivity index (χ0v) is 16.6. The molecule has 0 spiro atoms. The van der Waals surface area contributed by atoms with E-state index in [1.54, 1.807) is 6.92 Å². The summed E-state index contributed by atoms with van der Waals surface area (Å²) < 4.78 is 12.0. The quantitative estimate of drug-likeness (QED) is 0.591. The Hall–Kier alpha value is -2.55. The maximum absolute atomic E-state index is 11.4. The number of aryl methyl sites for hydroxylation is 4. The molecular formula is C23H28O3. The van der Waals surface area contributed by atoms with Gasteiger partial charge >= 0.3 is 0 Å². The Morgan fingerprint density at radius 2 is 1.46 bits per heavy atom. The van der Waals surface area contributed by atoms with E-state index in [1.165, 1.54) is 0 Å². The van der Waals surface area contributed by atoms with Gasteiger partial charge in [-0.1, -0.05) is 24.3 Å². The molecule has 0 bridgehead atoms. The Kier molecular flexibility index (Phi) is 6.62. The van der Waals surface area contributed by atoms with Crippen LogP contribution in [0, 0.1) is 27.7 Å². The lowest BCUT2D eigenvalue weighted by Crippen LogP contribution is -2.01. The van der Waals surface area contributed by atoms with Crippen LogP contribution in [-0.2, 0) is 11.2 Å². The number of ketones is 1. The molecule has 0 unspecified atom stereocenters. The molecule has 26 heavy (non-hydrogen) atoms. The minimum atomic E-state index is 0.164. The highest BCUT2D eigenvalue weighted by Gasteiger charge is 2.12. The minimum Gasteiger partial charge on any atom is -0.489 e. The summed E-state index contributed by atoms with van der Waals surface area (Å²) in [7, 11) is 0. The number of hydrogen-bond donors (Lipinski definition) is 0. The molecule has 0 atom stereocenters. The number of carbonyl (C=O) groups excluding carboxylic acids is 1. The molecule has 2 aromatic rings. The first-order valence-electron chi connectivity index (χ1n) is 8.94. The van der Waals surface area contributed by atoms with Gasteiger partial charge in [-0.25, -0.2) is 0 Å². The van der Waals surface area contributed by atoms with Crippen LogP contribution in [0.4, 0.5) is 0 Å². The number of rotatable bonds is 7. The van der Waals surface area contributed by atoms with Crippen LogP contribution in [0.15, 0.2) is 36.4 Å². The molecule has 0 aliphatic carbocycles. The van der Waals surface area contributed by atoms with Crippen LogP contribution in [0.1, 0.15) is 41.7 Å². The molecular weight excluding hydrogens is 324 g/mol. The zero-order chi connectivity index (χ0) is 19.3. The van der Waals surface area contributed by atoms with Crippen molar-refractivity contribution in [2.24, 2.45) is 0 Å². The van der Waals surface area contributed by atoms with Crippen LogP contribution < -0.4 is 9.47 Å². The molecule has 0 saturated carbocycles. The summed E-state index contributed by atoms with van der Waals surface area (Å²) in [4.78, 5) is 11.4. The van der Waals surface area contributed by atoms with Crippen molar-refractivity contribution in [3.63, 3.8) is 0 Å². The van der Waals surface area contributed by atoms with Crippen molar-refractivity contribution < 1.29 is 14.3 Å². The third-order valence-electron chi connectivity index (χ3n) is 4.19. The summed E-state index contributed by atoms with van der Waals surface area (Å²) in [5, 5.41) is 0. The molecule has 0 heterocycles. The Bertz CT molecular complexity index is 785. The molecule has 0 saturated heterocycles. The Balaban J connectivity index is 2.27. The van der Waals surface area contributed by atoms with Gasteiger partial charge < -0.3 is 9.47 Å². The minimum absolute atomic E-state index is 0.164. The Labute approximate surface area is 156 Å². The predicted octanol–water partition coefficient (Wildman–Crippen LogP) is 5.80. The Morgan fingerprint density at radius 3 is 1.96 bits per heavy atom. The van der Waals surface area contributed by atoms with Gasteiger partial charge in [-0.05, 0) is 81.5 Å². The molecule has 0 fully saturated rings. The van der Waals surface area contributed by atoms with Crippen molar-refractivity contribution >= 4 is 5.78 Å². The van der Waals surface area contributed by atoms with Crippen molar-refractivity contribution in [1.82, 2.24) is 0 Å². The van der Waals surface area contributed by atoms with Crippen LogP contribution in [0.5, 0.6) is 17.2 Å². The van der Waals surface area contributed by atoms with Crippen molar-refractivity contribution in [3.8, 4) is 17.2 Å². The molecule has 138 valence electrons. The van der Waals surface area contributed by atoms with Crippen molar-refractivity contribution in [2.75, 3.05) is 6.61 Å². The molecule has 0 N–H and O–H groups in total. The summed E-state index contributed by atoms with van der Waals surface area (Å²) in [5.41, 5.74) is 5.19. The van der Waals surface area contributed by atoms with E-state index in [1.807, 2.05) is 71.0 Å². The molecule has 3 nitrogen and oxygen atoms in total. The van der Waals surface area contributed by atoms with Crippen molar-refractivity contribution in [2.45, 2.75) is 48.0 Å². The first kappa shape index (κ1) is 19.8. The maximum atomic E-state index is 11.4. The molecule has 0 aliphatic heterocycles. The number of benzene rings is 2. The summed E-state index contributed by atoms with van der Waals surface area (Å²) in [6.45, 7) is 12.2. The van der Waals surface area contributed by atoms with Crippen LogP contribution in [0.2, 0.25) is 0 Å². The fourth-order valence-electron chi connectivity index (χ4n) is 3.13. The van der Waals surface area contributed by atoms with Gasteiger partial charge in [0.15, 0.2) is 0 Å². The average Bonchev–Trinajstić information content (AvgIpc) is 2.53. The van der Waals surface area contributed by atoms with E-state index in [9.17, 15) is 4.79 Å². The fraction of sp³-hybridized carbons (Fsp3) is 0.348. The van der Waals surface area contributed by atoms with Crippen LogP contribution in [0.3, 0.4) is 0 Å². The number of allylic oxidation sites excluding steroid dienone is 1. The summed E-state index contributed by atoms with van der Waals surface area (Å²) in [5.74, 6) is 2.71. The lowest BCUT2D eigenvalue weighted by Gasteiger charge is -2.16. The predicted molar refractivity (Wildman–Crippen MR) is 107 cm³/mol. The second-order valence-electron chi connectivity index (χ2n) is 6.81. The number of carbonyl (C=O) groups is 1. The van der Waals surface area contributed by atoms with Gasteiger partial charge in [0.1, 0.15) is 29.6 Å². The third-order valence-corrected chi connectivity index (χ3v) is 4.19. The lowest BCUT2D eigenvalue weighted by atomic mass is 10.0. The molecule has 0 aliphatic rings. The smallest absolute Gasteiger partial charge is 0.134 e. The van der Waals surface area contributed by atoms with Gasteiger partial charge in [0.25, 0.3) is 0 Å². The fourth-order valence-corrected chi connectivity index (χ4v) is 3.13. The standard InChI is InChI=1S/C23H28O3/c1-7-8-9-25-22-17(4)12-21(13-18(22)5)26-23-15(2)10-20(11-16(23)3)14-19(6)24/h7-8,10-13H,9,14H2,1-6H3/b8-7+. The van der Waals surface area contributed by atoms with Gasteiger partial charge in [0.05, 0.1) is 0 Å². The van der Waals surface area contributed by atoms with E-state index >= 15 is 0 Å². The van der Waals surface area contributed by atoms with Gasteiger partial charge in [0, 0.05) is 6.42 Å².